The number of nitrogens with one attached hydrogen (secondary N) is 1. The van der Waals surface area contributed by atoms with Crippen LogP contribution in [0.3, 0.4) is 0 Å². The van der Waals surface area contributed by atoms with Crippen LogP contribution in [0, 0.1) is 11.8 Å². The van der Waals surface area contributed by atoms with E-state index in [2.05, 4.69) is 35.9 Å². The molecule has 0 saturated carbocycles. The van der Waals surface area contributed by atoms with Crippen LogP contribution < -0.4 is 5.32 Å². The third kappa shape index (κ3) is 6.55. The summed E-state index contributed by atoms with van der Waals surface area (Å²) < 4.78 is 0. The van der Waals surface area contributed by atoms with Crippen molar-refractivity contribution in [1.29, 1.82) is 0 Å². The van der Waals surface area contributed by atoms with Crippen molar-refractivity contribution >= 4 is 0 Å². The van der Waals surface area contributed by atoms with E-state index in [0.29, 0.717) is 0 Å². The molecular weight excluding hydrogens is 270 g/mol. The minimum atomic E-state index is 0.782. The van der Waals surface area contributed by atoms with E-state index >= 15 is 0 Å². The van der Waals surface area contributed by atoms with E-state index in [-0.39, 0.29) is 0 Å². The molecule has 130 valence electrons. The number of hydrogen-bond donors (Lipinski definition) is 1. The molecule has 0 aromatic heterocycles. The van der Waals surface area contributed by atoms with Gasteiger partial charge in [-0.15, -0.1) is 0 Å². The van der Waals surface area contributed by atoms with E-state index in [0.717, 1.165) is 24.4 Å². The Bertz CT molecular complexity index is 276. The summed E-state index contributed by atoms with van der Waals surface area (Å²) in [6.45, 7) is 16.0. The van der Waals surface area contributed by atoms with Crippen LogP contribution in [-0.2, 0) is 0 Å². The molecule has 22 heavy (non-hydrogen) atoms. The predicted octanol–water partition coefficient (Wildman–Crippen LogP) is 3.21. The molecule has 2 saturated heterocycles. The van der Waals surface area contributed by atoms with Gasteiger partial charge in [0.25, 0.3) is 0 Å². The van der Waals surface area contributed by atoms with Crippen molar-refractivity contribution in [3.63, 3.8) is 0 Å². The molecule has 2 heterocycles. The molecule has 2 rings (SSSR count). The molecule has 0 spiro atoms. The monoisotopic (exact) mass is 309 g/mol. The van der Waals surface area contributed by atoms with Gasteiger partial charge in [-0.05, 0) is 89.6 Å². The van der Waals surface area contributed by atoms with Gasteiger partial charge in [0, 0.05) is 12.6 Å². The molecule has 0 unspecified atom stereocenters. The standard InChI is InChI=1S/C19H39N3/c1-4-20-19-9-14-22(15-10-19)16-18-7-12-21(13-8-18)11-5-6-17(2)3/h17-20H,4-16H2,1-3H3. The number of likely N-dealkylation sites (tertiary alicyclic amines) is 2. The summed E-state index contributed by atoms with van der Waals surface area (Å²) in [6.07, 6.45) is 8.33. The minimum Gasteiger partial charge on any atom is -0.314 e. The summed E-state index contributed by atoms with van der Waals surface area (Å²) in [5.41, 5.74) is 0. The van der Waals surface area contributed by atoms with Gasteiger partial charge in [0.2, 0.25) is 0 Å². The molecule has 0 aliphatic carbocycles. The SMILES string of the molecule is CCNC1CCN(CC2CCN(CCCC(C)C)CC2)CC1. The minimum absolute atomic E-state index is 0.782. The maximum Gasteiger partial charge on any atom is 0.00912 e. The lowest BCUT2D eigenvalue weighted by molar-refractivity contribution is 0.122. The van der Waals surface area contributed by atoms with Gasteiger partial charge in [0.1, 0.15) is 0 Å². The Kier molecular flexibility index (Phi) is 8.19. The van der Waals surface area contributed by atoms with Crippen LogP contribution in [0.2, 0.25) is 0 Å². The normalized spacial score (nSPS) is 23.5. The van der Waals surface area contributed by atoms with Crippen LogP contribution in [0.1, 0.15) is 59.3 Å². The van der Waals surface area contributed by atoms with Gasteiger partial charge in [0.05, 0.1) is 0 Å². The molecule has 2 fully saturated rings. The largest absolute Gasteiger partial charge is 0.314 e. The maximum absolute atomic E-state index is 3.61. The Morgan fingerprint density at radius 1 is 0.955 bits per heavy atom. The summed E-state index contributed by atoms with van der Waals surface area (Å²) in [6, 6.07) is 0.782. The molecule has 0 amide bonds. The Hall–Kier alpha value is -0.120. The van der Waals surface area contributed by atoms with Gasteiger partial charge in [-0.2, -0.15) is 0 Å². The van der Waals surface area contributed by atoms with Gasteiger partial charge in [-0.1, -0.05) is 20.8 Å². The number of hydrogen-bond acceptors (Lipinski definition) is 3. The average Bonchev–Trinajstić information content (AvgIpc) is 2.51. The molecule has 3 heteroatoms. The lowest BCUT2D eigenvalue weighted by Gasteiger charge is -2.38. The fraction of sp³-hybridized carbons (Fsp3) is 1.00. The second-order valence-corrected chi connectivity index (χ2v) is 7.95. The summed E-state index contributed by atoms with van der Waals surface area (Å²) in [4.78, 5) is 5.43. The maximum atomic E-state index is 3.61. The number of nitrogens with zero attached hydrogens (tertiary/aromatic N) is 2. The van der Waals surface area contributed by atoms with E-state index in [4.69, 9.17) is 0 Å². The van der Waals surface area contributed by atoms with Gasteiger partial charge in [-0.3, -0.25) is 0 Å². The highest BCUT2D eigenvalue weighted by atomic mass is 15.2. The van der Waals surface area contributed by atoms with Crippen LogP contribution in [-0.4, -0.2) is 61.7 Å². The first-order valence-corrected chi connectivity index (χ1v) is 9.85. The molecule has 2 aliphatic heterocycles. The van der Waals surface area contributed by atoms with E-state index in [9.17, 15) is 0 Å². The second-order valence-electron chi connectivity index (χ2n) is 7.95. The Morgan fingerprint density at radius 3 is 2.18 bits per heavy atom. The van der Waals surface area contributed by atoms with Crippen molar-refractivity contribution in [2.24, 2.45) is 11.8 Å². The van der Waals surface area contributed by atoms with Crippen LogP contribution >= 0.6 is 0 Å². The Morgan fingerprint density at radius 2 is 1.59 bits per heavy atom. The fourth-order valence-electron chi connectivity index (χ4n) is 4.09. The van der Waals surface area contributed by atoms with Gasteiger partial charge < -0.3 is 15.1 Å². The highest BCUT2D eigenvalue weighted by Crippen LogP contribution is 2.21. The average molecular weight is 310 g/mol. The first kappa shape index (κ1) is 18.2. The molecule has 3 nitrogen and oxygen atoms in total. The van der Waals surface area contributed by atoms with Crippen molar-refractivity contribution in [3.05, 3.63) is 0 Å². The molecular formula is C19H39N3. The molecule has 0 atom stereocenters. The zero-order valence-electron chi connectivity index (χ0n) is 15.3. The highest BCUT2D eigenvalue weighted by molar-refractivity contribution is 4.80. The van der Waals surface area contributed by atoms with Crippen LogP contribution in [0.5, 0.6) is 0 Å². The van der Waals surface area contributed by atoms with Crippen molar-refractivity contribution < 1.29 is 0 Å². The molecule has 0 aromatic carbocycles. The van der Waals surface area contributed by atoms with Crippen LogP contribution in [0.15, 0.2) is 0 Å². The van der Waals surface area contributed by atoms with Crippen molar-refractivity contribution in [1.82, 2.24) is 15.1 Å². The lowest BCUT2D eigenvalue weighted by atomic mass is 9.94. The molecule has 0 bridgehead atoms. The zero-order chi connectivity index (χ0) is 15.8. The van der Waals surface area contributed by atoms with Crippen molar-refractivity contribution in [2.45, 2.75) is 65.3 Å². The van der Waals surface area contributed by atoms with Gasteiger partial charge >= 0.3 is 0 Å². The first-order chi connectivity index (χ1) is 10.7. The third-order valence-corrected chi connectivity index (χ3v) is 5.56. The van der Waals surface area contributed by atoms with Gasteiger partial charge in [0.15, 0.2) is 0 Å². The summed E-state index contributed by atoms with van der Waals surface area (Å²) >= 11 is 0. The second kappa shape index (κ2) is 9.89. The number of piperidine rings is 2. The lowest BCUT2D eigenvalue weighted by Crippen LogP contribution is -2.45. The van der Waals surface area contributed by atoms with Crippen LogP contribution in [0.4, 0.5) is 0 Å². The molecule has 2 aliphatic rings. The van der Waals surface area contributed by atoms with E-state index in [1.165, 1.54) is 77.8 Å². The summed E-state index contributed by atoms with van der Waals surface area (Å²) in [7, 11) is 0. The Balaban J connectivity index is 1.56. The first-order valence-electron chi connectivity index (χ1n) is 9.85. The summed E-state index contributed by atoms with van der Waals surface area (Å²) in [5.74, 6) is 1.82. The van der Waals surface area contributed by atoms with Crippen molar-refractivity contribution in [2.75, 3.05) is 45.8 Å². The fourth-order valence-corrected chi connectivity index (χ4v) is 4.09. The smallest absolute Gasteiger partial charge is 0.00912 e. The van der Waals surface area contributed by atoms with E-state index in [1.807, 2.05) is 0 Å². The topological polar surface area (TPSA) is 18.5 Å². The predicted molar refractivity (Wildman–Crippen MR) is 96.4 cm³/mol. The zero-order valence-corrected chi connectivity index (χ0v) is 15.3. The van der Waals surface area contributed by atoms with Crippen LogP contribution in [0.25, 0.3) is 0 Å². The van der Waals surface area contributed by atoms with Gasteiger partial charge in [-0.25, -0.2) is 0 Å². The molecule has 1 N–H and O–H groups in total. The summed E-state index contributed by atoms with van der Waals surface area (Å²) in [5, 5.41) is 3.61. The highest BCUT2D eigenvalue weighted by Gasteiger charge is 2.24. The molecule has 0 aromatic rings. The van der Waals surface area contributed by atoms with E-state index < -0.39 is 0 Å². The molecule has 0 radical (unpaired) electrons. The third-order valence-electron chi connectivity index (χ3n) is 5.56. The quantitative estimate of drug-likeness (QED) is 0.743. The number of rotatable bonds is 8. The van der Waals surface area contributed by atoms with Crippen molar-refractivity contribution in [3.8, 4) is 0 Å². The Labute approximate surface area is 138 Å². The van der Waals surface area contributed by atoms with E-state index in [1.54, 1.807) is 0 Å².